The first kappa shape index (κ1) is 13.8. The number of nitro groups is 1. The van der Waals surface area contributed by atoms with Crippen molar-refractivity contribution in [1.82, 2.24) is 4.98 Å². The van der Waals surface area contributed by atoms with Crippen molar-refractivity contribution >= 4 is 22.4 Å². The molecule has 1 fully saturated rings. The van der Waals surface area contributed by atoms with Crippen LogP contribution < -0.4 is 0 Å². The zero-order chi connectivity index (χ0) is 15.0. The summed E-state index contributed by atoms with van der Waals surface area (Å²) in [6, 6.07) is 4.52. The van der Waals surface area contributed by atoms with Crippen LogP contribution in [0.15, 0.2) is 24.4 Å². The van der Waals surface area contributed by atoms with E-state index in [4.69, 9.17) is 4.74 Å². The van der Waals surface area contributed by atoms with Crippen molar-refractivity contribution in [3.63, 3.8) is 0 Å². The number of nitro benzene ring substituents is 1. The number of carbonyl (C=O) groups excluding carboxylic acids is 1. The lowest BCUT2D eigenvalue weighted by molar-refractivity contribution is -0.384. The number of benzene rings is 1. The van der Waals surface area contributed by atoms with Gasteiger partial charge in [-0.3, -0.25) is 14.9 Å². The number of aromatic nitrogens is 1. The van der Waals surface area contributed by atoms with E-state index >= 15 is 0 Å². The number of aromatic amines is 1. The van der Waals surface area contributed by atoms with Gasteiger partial charge in [0.15, 0.2) is 5.78 Å². The summed E-state index contributed by atoms with van der Waals surface area (Å²) in [5.41, 5.74) is 1.24. The maximum absolute atomic E-state index is 12.7. The van der Waals surface area contributed by atoms with E-state index in [2.05, 4.69) is 4.98 Å². The molecule has 2 unspecified atom stereocenters. The van der Waals surface area contributed by atoms with E-state index < -0.39 is 4.92 Å². The van der Waals surface area contributed by atoms with Crippen LogP contribution in [0.5, 0.6) is 0 Å². The van der Waals surface area contributed by atoms with Crippen molar-refractivity contribution in [3.05, 3.63) is 40.1 Å². The van der Waals surface area contributed by atoms with Gasteiger partial charge in [-0.15, -0.1) is 0 Å². The van der Waals surface area contributed by atoms with E-state index in [1.54, 1.807) is 12.3 Å². The second kappa shape index (κ2) is 5.29. The molecule has 110 valence electrons. The predicted molar refractivity (Wildman–Crippen MR) is 77.4 cm³/mol. The quantitative estimate of drug-likeness (QED) is 0.532. The van der Waals surface area contributed by atoms with Gasteiger partial charge in [-0.1, -0.05) is 6.92 Å². The third-order valence-corrected chi connectivity index (χ3v) is 4.09. The Morgan fingerprint density at radius 2 is 2.33 bits per heavy atom. The molecule has 2 aromatic rings. The normalized spacial score (nSPS) is 21.8. The zero-order valence-corrected chi connectivity index (χ0v) is 11.7. The number of hydrogen-bond donors (Lipinski definition) is 1. The van der Waals surface area contributed by atoms with Crippen LogP contribution in [-0.4, -0.2) is 28.4 Å². The number of nitrogens with zero attached hydrogens (tertiary/aromatic N) is 1. The highest BCUT2D eigenvalue weighted by Crippen LogP contribution is 2.31. The molecule has 1 aliphatic rings. The first-order valence-corrected chi connectivity index (χ1v) is 7.03. The van der Waals surface area contributed by atoms with E-state index in [0.29, 0.717) is 24.0 Å². The molecule has 1 saturated heterocycles. The summed E-state index contributed by atoms with van der Waals surface area (Å²) in [6.07, 6.45) is 3.08. The smallest absolute Gasteiger partial charge is 0.270 e. The monoisotopic (exact) mass is 288 g/mol. The van der Waals surface area contributed by atoms with Crippen molar-refractivity contribution in [2.45, 2.75) is 25.9 Å². The molecule has 0 aliphatic carbocycles. The number of non-ortho nitro benzene ring substituents is 1. The Labute approximate surface area is 121 Å². The second-order valence-corrected chi connectivity index (χ2v) is 5.27. The lowest BCUT2D eigenvalue weighted by Crippen LogP contribution is -2.23. The van der Waals surface area contributed by atoms with Crippen molar-refractivity contribution in [1.29, 1.82) is 0 Å². The Bertz CT molecular complexity index is 707. The minimum absolute atomic E-state index is 0.00565. The standard InChI is InChI=1S/C15H16N2O4/c1-2-14-10(5-6-21-14)15(18)12-8-16-13-4-3-9(17(19)20)7-11(12)13/h3-4,7-8,10,14,16H,2,5-6H2,1H3. The highest BCUT2D eigenvalue weighted by atomic mass is 16.6. The second-order valence-electron chi connectivity index (χ2n) is 5.27. The van der Waals surface area contributed by atoms with Gasteiger partial charge < -0.3 is 9.72 Å². The van der Waals surface area contributed by atoms with Crippen molar-refractivity contribution in [2.24, 2.45) is 5.92 Å². The molecule has 21 heavy (non-hydrogen) atoms. The van der Waals surface area contributed by atoms with Crippen molar-refractivity contribution in [2.75, 3.05) is 6.61 Å². The molecule has 0 radical (unpaired) electrons. The fourth-order valence-corrected chi connectivity index (χ4v) is 2.98. The molecule has 1 aromatic carbocycles. The number of Topliss-reactive ketones (excluding diaryl/α,β-unsaturated/α-hetero) is 1. The molecule has 1 aliphatic heterocycles. The molecule has 0 saturated carbocycles. The summed E-state index contributed by atoms with van der Waals surface area (Å²) in [5, 5.41) is 11.5. The van der Waals surface area contributed by atoms with Gasteiger partial charge in [0.25, 0.3) is 5.69 Å². The average Bonchev–Trinajstić information content (AvgIpc) is 3.12. The van der Waals surface area contributed by atoms with Crippen LogP contribution in [0.3, 0.4) is 0 Å². The summed E-state index contributed by atoms with van der Waals surface area (Å²) in [7, 11) is 0. The average molecular weight is 288 g/mol. The highest BCUT2D eigenvalue weighted by Gasteiger charge is 2.34. The van der Waals surface area contributed by atoms with E-state index in [-0.39, 0.29) is 23.5 Å². The molecule has 0 spiro atoms. The molecule has 2 heterocycles. The number of hydrogen-bond acceptors (Lipinski definition) is 4. The van der Waals surface area contributed by atoms with E-state index in [0.717, 1.165) is 11.9 Å². The van der Waals surface area contributed by atoms with Crippen LogP contribution in [0.1, 0.15) is 30.1 Å². The van der Waals surface area contributed by atoms with Crippen LogP contribution >= 0.6 is 0 Å². The van der Waals surface area contributed by atoms with Crippen molar-refractivity contribution in [3.8, 4) is 0 Å². The lowest BCUT2D eigenvalue weighted by atomic mass is 9.90. The maximum atomic E-state index is 12.7. The fourth-order valence-electron chi connectivity index (χ4n) is 2.98. The summed E-state index contributed by atoms with van der Waals surface area (Å²) < 4.78 is 5.57. The third kappa shape index (κ3) is 2.31. The number of H-pyrrole nitrogens is 1. The van der Waals surface area contributed by atoms with Crippen LogP contribution in [-0.2, 0) is 4.74 Å². The van der Waals surface area contributed by atoms with Crippen LogP contribution in [0, 0.1) is 16.0 Å². The first-order chi connectivity index (χ1) is 10.1. The lowest BCUT2D eigenvalue weighted by Gasteiger charge is -2.14. The Balaban J connectivity index is 2.01. The molecule has 0 amide bonds. The van der Waals surface area contributed by atoms with E-state index in [1.165, 1.54) is 12.1 Å². The Hall–Kier alpha value is -2.21. The Morgan fingerprint density at radius 1 is 1.52 bits per heavy atom. The number of fused-ring (bicyclic) bond motifs is 1. The highest BCUT2D eigenvalue weighted by molar-refractivity contribution is 6.09. The van der Waals surface area contributed by atoms with Crippen LogP contribution in [0.2, 0.25) is 0 Å². The van der Waals surface area contributed by atoms with Gasteiger partial charge in [0, 0.05) is 41.4 Å². The summed E-state index contributed by atoms with van der Waals surface area (Å²) in [4.78, 5) is 26.2. The number of ketones is 1. The zero-order valence-electron chi connectivity index (χ0n) is 11.7. The molecule has 6 heteroatoms. The molecule has 2 atom stereocenters. The maximum Gasteiger partial charge on any atom is 0.270 e. The summed E-state index contributed by atoms with van der Waals surface area (Å²) in [6.45, 7) is 2.59. The predicted octanol–water partition coefficient (Wildman–Crippen LogP) is 3.07. The molecular weight excluding hydrogens is 272 g/mol. The molecule has 1 N–H and O–H groups in total. The van der Waals surface area contributed by atoms with Crippen LogP contribution in [0.25, 0.3) is 10.9 Å². The van der Waals surface area contributed by atoms with Gasteiger partial charge in [0.2, 0.25) is 0 Å². The van der Waals surface area contributed by atoms with Crippen LogP contribution in [0.4, 0.5) is 5.69 Å². The molecule has 0 bridgehead atoms. The number of carbonyl (C=O) groups is 1. The molecule has 3 rings (SSSR count). The van der Waals surface area contributed by atoms with E-state index in [9.17, 15) is 14.9 Å². The summed E-state index contributed by atoms with van der Waals surface area (Å²) in [5.74, 6) is -0.153. The minimum atomic E-state index is -0.450. The van der Waals surface area contributed by atoms with Crippen molar-refractivity contribution < 1.29 is 14.5 Å². The van der Waals surface area contributed by atoms with Gasteiger partial charge in [0.1, 0.15) is 0 Å². The third-order valence-electron chi connectivity index (χ3n) is 4.09. The first-order valence-electron chi connectivity index (χ1n) is 7.03. The van der Waals surface area contributed by atoms with Gasteiger partial charge in [-0.25, -0.2) is 0 Å². The molecule has 1 aromatic heterocycles. The van der Waals surface area contributed by atoms with Gasteiger partial charge in [0.05, 0.1) is 16.9 Å². The topological polar surface area (TPSA) is 85.2 Å². The van der Waals surface area contributed by atoms with Gasteiger partial charge in [-0.05, 0) is 18.9 Å². The minimum Gasteiger partial charge on any atom is -0.377 e. The Morgan fingerprint density at radius 3 is 3.05 bits per heavy atom. The Kier molecular flexibility index (Phi) is 3.47. The van der Waals surface area contributed by atoms with E-state index in [1.807, 2.05) is 6.92 Å². The number of rotatable bonds is 4. The van der Waals surface area contributed by atoms with Gasteiger partial charge >= 0.3 is 0 Å². The number of nitrogens with one attached hydrogen (secondary N) is 1. The summed E-state index contributed by atoms with van der Waals surface area (Å²) >= 11 is 0. The largest absolute Gasteiger partial charge is 0.377 e. The number of ether oxygens (including phenoxy) is 1. The molecular formula is C15H16N2O4. The fraction of sp³-hybridized carbons (Fsp3) is 0.400. The van der Waals surface area contributed by atoms with Gasteiger partial charge in [-0.2, -0.15) is 0 Å². The molecule has 6 nitrogen and oxygen atoms in total. The SMILES string of the molecule is CCC1OCCC1C(=O)c1c[nH]c2ccc([N+](=O)[O-])cc12.